The molecule has 94 valence electrons. The highest BCUT2D eigenvalue weighted by Gasteiger charge is 2.26. The van der Waals surface area contributed by atoms with Gasteiger partial charge >= 0.3 is 0 Å². The second-order valence-corrected chi connectivity index (χ2v) is 4.87. The van der Waals surface area contributed by atoms with Gasteiger partial charge in [0.25, 0.3) is 0 Å². The summed E-state index contributed by atoms with van der Waals surface area (Å²) >= 11 is 6.31. The molecule has 1 fully saturated rings. The SMILES string of the molecule is COc1ccc([C@H](N)CC2CC2)c(Cl)c1OC. The van der Waals surface area contributed by atoms with Crippen LogP contribution in [0.2, 0.25) is 5.02 Å². The maximum absolute atomic E-state index is 6.31. The average molecular weight is 256 g/mol. The first-order valence-electron chi connectivity index (χ1n) is 5.83. The van der Waals surface area contributed by atoms with Crippen LogP contribution in [-0.2, 0) is 0 Å². The van der Waals surface area contributed by atoms with Gasteiger partial charge < -0.3 is 15.2 Å². The lowest BCUT2D eigenvalue weighted by Crippen LogP contribution is -2.12. The first-order valence-corrected chi connectivity index (χ1v) is 6.21. The highest BCUT2D eigenvalue weighted by atomic mass is 35.5. The van der Waals surface area contributed by atoms with Gasteiger partial charge in [-0.2, -0.15) is 0 Å². The summed E-state index contributed by atoms with van der Waals surface area (Å²) < 4.78 is 10.5. The van der Waals surface area contributed by atoms with Gasteiger partial charge in [0.15, 0.2) is 11.5 Å². The van der Waals surface area contributed by atoms with Crippen molar-refractivity contribution >= 4 is 11.6 Å². The van der Waals surface area contributed by atoms with Crippen LogP contribution in [0.1, 0.15) is 30.9 Å². The molecule has 1 atom stereocenters. The van der Waals surface area contributed by atoms with Gasteiger partial charge in [0.2, 0.25) is 0 Å². The molecule has 3 nitrogen and oxygen atoms in total. The van der Waals surface area contributed by atoms with Crippen molar-refractivity contribution in [1.82, 2.24) is 0 Å². The fraction of sp³-hybridized carbons (Fsp3) is 0.538. The van der Waals surface area contributed by atoms with Crippen LogP contribution in [-0.4, -0.2) is 14.2 Å². The molecule has 0 saturated heterocycles. The third-order valence-electron chi connectivity index (χ3n) is 3.20. The van der Waals surface area contributed by atoms with Crippen LogP contribution >= 0.6 is 11.6 Å². The first-order chi connectivity index (χ1) is 8.17. The number of ether oxygens (including phenoxy) is 2. The average Bonchev–Trinajstić information content (AvgIpc) is 3.12. The van der Waals surface area contributed by atoms with Crippen molar-refractivity contribution in [2.45, 2.75) is 25.3 Å². The molecule has 0 unspecified atom stereocenters. The molecular formula is C13H18ClNO2. The van der Waals surface area contributed by atoms with Crippen LogP contribution in [0.4, 0.5) is 0 Å². The molecule has 0 aromatic heterocycles. The molecule has 1 aliphatic rings. The zero-order chi connectivity index (χ0) is 12.4. The lowest BCUT2D eigenvalue weighted by Gasteiger charge is -2.17. The van der Waals surface area contributed by atoms with E-state index in [2.05, 4.69) is 0 Å². The zero-order valence-electron chi connectivity index (χ0n) is 10.2. The molecule has 0 aliphatic heterocycles. The summed E-state index contributed by atoms with van der Waals surface area (Å²) in [5.74, 6) is 1.98. The molecule has 1 saturated carbocycles. The molecule has 4 heteroatoms. The van der Waals surface area contributed by atoms with Gasteiger partial charge in [-0.15, -0.1) is 0 Å². The van der Waals surface area contributed by atoms with Gasteiger partial charge in [-0.25, -0.2) is 0 Å². The van der Waals surface area contributed by atoms with Crippen LogP contribution in [0.5, 0.6) is 11.5 Å². The number of hydrogen-bond acceptors (Lipinski definition) is 3. The number of rotatable bonds is 5. The third-order valence-corrected chi connectivity index (χ3v) is 3.59. The predicted octanol–water partition coefficient (Wildman–Crippen LogP) is 3.16. The van der Waals surface area contributed by atoms with Crippen molar-refractivity contribution in [1.29, 1.82) is 0 Å². The highest BCUT2D eigenvalue weighted by Crippen LogP contribution is 2.42. The van der Waals surface area contributed by atoms with Crippen LogP contribution in [0.15, 0.2) is 12.1 Å². The van der Waals surface area contributed by atoms with Crippen LogP contribution < -0.4 is 15.2 Å². The molecule has 2 N–H and O–H groups in total. The molecule has 0 spiro atoms. The summed E-state index contributed by atoms with van der Waals surface area (Å²) in [6.45, 7) is 0. The Hall–Kier alpha value is -0.930. The van der Waals surface area contributed by atoms with Crippen LogP contribution in [0, 0.1) is 5.92 Å². The van der Waals surface area contributed by atoms with Crippen molar-refractivity contribution in [2.24, 2.45) is 11.7 Å². The topological polar surface area (TPSA) is 44.5 Å². The second-order valence-electron chi connectivity index (χ2n) is 4.49. The molecule has 0 amide bonds. The second kappa shape index (κ2) is 5.15. The summed E-state index contributed by atoms with van der Waals surface area (Å²) in [6, 6.07) is 3.76. The van der Waals surface area contributed by atoms with Crippen molar-refractivity contribution < 1.29 is 9.47 Å². The molecule has 0 bridgehead atoms. The largest absolute Gasteiger partial charge is 0.493 e. The first kappa shape index (κ1) is 12.5. The number of halogens is 1. The van der Waals surface area contributed by atoms with E-state index in [0.717, 1.165) is 17.9 Å². The molecular weight excluding hydrogens is 238 g/mol. The predicted molar refractivity (Wildman–Crippen MR) is 68.8 cm³/mol. The quantitative estimate of drug-likeness (QED) is 0.879. The highest BCUT2D eigenvalue weighted by molar-refractivity contribution is 6.33. The van der Waals surface area contributed by atoms with Gasteiger partial charge in [0.05, 0.1) is 19.2 Å². The van der Waals surface area contributed by atoms with E-state index in [-0.39, 0.29) is 6.04 Å². The summed E-state index contributed by atoms with van der Waals surface area (Å²) in [5.41, 5.74) is 7.11. The molecule has 17 heavy (non-hydrogen) atoms. The van der Waals surface area contributed by atoms with Crippen molar-refractivity contribution in [2.75, 3.05) is 14.2 Å². The van der Waals surface area contributed by atoms with Gasteiger partial charge in [0.1, 0.15) is 0 Å². The Morgan fingerprint density at radius 1 is 1.35 bits per heavy atom. The monoisotopic (exact) mass is 255 g/mol. The van der Waals surface area contributed by atoms with Crippen LogP contribution in [0.25, 0.3) is 0 Å². The third kappa shape index (κ3) is 2.67. The van der Waals surface area contributed by atoms with Gasteiger partial charge in [-0.1, -0.05) is 30.5 Å². The molecule has 2 rings (SSSR count). The van der Waals surface area contributed by atoms with E-state index >= 15 is 0 Å². The smallest absolute Gasteiger partial charge is 0.179 e. The van der Waals surface area contributed by atoms with Gasteiger partial charge in [-0.05, 0) is 24.0 Å². The van der Waals surface area contributed by atoms with E-state index in [0.29, 0.717) is 16.5 Å². The number of methoxy groups -OCH3 is 2. The van der Waals surface area contributed by atoms with Crippen molar-refractivity contribution in [3.05, 3.63) is 22.7 Å². The Morgan fingerprint density at radius 2 is 2.06 bits per heavy atom. The number of hydrogen-bond donors (Lipinski definition) is 1. The minimum absolute atomic E-state index is 0.0187. The Morgan fingerprint density at radius 3 is 2.59 bits per heavy atom. The fourth-order valence-electron chi connectivity index (χ4n) is 2.03. The molecule has 0 radical (unpaired) electrons. The Labute approximate surface area is 107 Å². The maximum Gasteiger partial charge on any atom is 0.179 e. The summed E-state index contributed by atoms with van der Waals surface area (Å²) in [5, 5.41) is 0.569. The van der Waals surface area contributed by atoms with Crippen molar-refractivity contribution in [3.63, 3.8) is 0 Å². The van der Waals surface area contributed by atoms with E-state index in [4.69, 9.17) is 26.8 Å². The molecule has 0 heterocycles. The lowest BCUT2D eigenvalue weighted by molar-refractivity contribution is 0.354. The van der Waals surface area contributed by atoms with Gasteiger partial charge in [-0.3, -0.25) is 0 Å². The fourth-order valence-corrected chi connectivity index (χ4v) is 2.40. The molecule has 1 aliphatic carbocycles. The normalized spacial score (nSPS) is 16.7. The number of nitrogens with two attached hydrogens (primary N) is 1. The summed E-state index contributed by atoms with van der Waals surface area (Å²) in [4.78, 5) is 0. The molecule has 1 aromatic carbocycles. The van der Waals surface area contributed by atoms with Crippen molar-refractivity contribution in [3.8, 4) is 11.5 Å². The lowest BCUT2D eigenvalue weighted by atomic mass is 10.0. The van der Waals surface area contributed by atoms with E-state index in [1.165, 1.54) is 12.8 Å². The Kier molecular flexibility index (Phi) is 3.79. The zero-order valence-corrected chi connectivity index (χ0v) is 11.0. The maximum atomic E-state index is 6.31. The Balaban J connectivity index is 2.27. The van der Waals surface area contributed by atoms with E-state index in [1.54, 1.807) is 14.2 Å². The Bertz CT molecular complexity index is 405. The minimum atomic E-state index is -0.0187. The summed E-state index contributed by atoms with van der Waals surface area (Å²) in [7, 11) is 3.18. The molecule has 1 aromatic rings. The summed E-state index contributed by atoms with van der Waals surface area (Å²) in [6.07, 6.45) is 3.58. The number of benzene rings is 1. The van der Waals surface area contributed by atoms with E-state index in [1.807, 2.05) is 12.1 Å². The standard InChI is InChI=1S/C13H18ClNO2/c1-16-11-6-5-9(12(14)13(11)17-2)10(15)7-8-3-4-8/h5-6,8,10H,3-4,7,15H2,1-2H3/t10-/m1/s1. The van der Waals surface area contributed by atoms with E-state index in [9.17, 15) is 0 Å². The minimum Gasteiger partial charge on any atom is -0.493 e. The van der Waals surface area contributed by atoms with Crippen LogP contribution in [0.3, 0.4) is 0 Å². The van der Waals surface area contributed by atoms with Gasteiger partial charge in [0, 0.05) is 6.04 Å². The van der Waals surface area contributed by atoms with E-state index < -0.39 is 0 Å².